The van der Waals surface area contributed by atoms with Gasteiger partial charge < -0.3 is 29.7 Å². The number of aromatic nitrogens is 5. The molecular weight excluding hydrogens is 665 g/mol. The van der Waals surface area contributed by atoms with Crippen LogP contribution < -0.4 is 25.6 Å². The van der Waals surface area contributed by atoms with Crippen LogP contribution in [-0.4, -0.2) is 83.3 Å². The summed E-state index contributed by atoms with van der Waals surface area (Å²) in [5.41, 5.74) is 5.31. The molecule has 6 rings (SSSR count). The first-order chi connectivity index (χ1) is 22.0. The van der Waals surface area contributed by atoms with Crippen LogP contribution in [0.5, 0.6) is 5.75 Å². The number of pyridine rings is 1. The van der Waals surface area contributed by atoms with Gasteiger partial charge in [0.2, 0.25) is 5.95 Å². The van der Waals surface area contributed by atoms with Gasteiger partial charge in [0.05, 0.1) is 40.9 Å². The molecular formula is C33H39BrN9O2P. The van der Waals surface area contributed by atoms with Crippen molar-refractivity contribution >= 4 is 68.1 Å². The van der Waals surface area contributed by atoms with E-state index in [1.54, 1.807) is 32.8 Å². The van der Waals surface area contributed by atoms with Crippen LogP contribution in [0.25, 0.3) is 22.0 Å². The van der Waals surface area contributed by atoms with E-state index in [-0.39, 0.29) is 0 Å². The molecule has 1 aliphatic heterocycles. The summed E-state index contributed by atoms with van der Waals surface area (Å²) >= 11 is 3.59. The number of methoxy groups -OCH3 is 1. The molecule has 1 aliphatic rings. The van der Waals surface area contributed by atoms with Crippen molar-refractivity contribution in [2.24, 2.45) is 7.05 Å². The van der Waals surface area contributed by atoms with Gasteiger partial charge in [0.15, 0.2) is 0 Å². The van der Waals surface area contributed by atoms with Crippen molar-refractivity contribution in [1.82, 2.24) is 29.6 Å². The largest absolute Gasteiger partial charge is 0.494 e. The third-order valence-electron chi connectivity index (χ3n) is 8.40. The lowest BCUT2D eigenvalue weighted by Crippen LogP contribution is -2.42. The molecule has 3 aromatic heterocycles. The number of para-hydroxylation sites is 1. The van der Waals surface area contributed by atoms with E-state index in [9.17, 15) is 4.57 Å². The Hall–Kier alpha value is -3.99. The fraction of sp³-hybridized carbons (Fsp3) is 0.333. The standard InChI is InChI=1S/C33H39BrN9O2P/c1-41(2)22-11-13-43(14-12-22)29-16-30(45-4)27(15-24(29)21-17-37-42(3)20-21)39-33-36-18-25(34)32(40-33)38-28-19-35-26-10-8-7-9-23(26)31(28)46(5,6)44/h7-10,15-20,22H,11-14H2,1-6H3,(H2,36,38,39,40). The number of nitrogens with one attached hydrogen (secondary N) is 2. The number of halogens is 1. The first-order valence-corrected chi connectivity index (χ1v) is 18.5. The predicted octanol–water partition coefficient (Wildman–Crippen LogP) is 6.46. The molecule has 0 spiro atoms. The van der Waals surface area contributed by atoms with E-state index < -0.39 is 7.14 Å². The number of rotatable bonds is 9. The second kappa shape index (κ2) is 13.0. The molecule has 0 bridgehead atoms. The Labute approximate surface area is 277 Å². The predicted molar refractivity (Wildman–Crippen MR) is 191 cm³/mol. The van der Waals surface area contributed by atoms with Crippen molar-refractivity contribution in [3.05, 3.63) is 65.7 Å². The van der Waals surface area contributed by atoms with E-state index in [1.165, 1.54) is 0 Å². The van der Waals surface area contributed by atoms with Crippen molar-refractivity contribution < 1.29 is 9.30 Å². The molecule has 5 aromatic rings. The van der Waals surface area contributed by atoms with Gasteiger partial charge in [-0.3, -0.25) is 9.67 Å². The number of anilines is 5. The SMILES string of the molecule is COc1cc(N2CCC(N(C)C)CC2)c(-c2cnn(C)c2)cc1Nc1ncc(Br)c(Nc2cnc3ccccc3c2P(C)(C)=O)n1. The Morgan fingerprint density at radius 3 is 2.46 bits per heavy atom. The van der Waals surface area contributed by atoms with Gasteiger partial charge in [0.25, 0.3) is 0 Å². The molecule has 0 amide bonds. The Bertz CT molecular complexity index is 1930. The molecule has 1 fully saturated rings. The number of nitrogens with zero attached hydrogens (tertiary/aromatic N) is 7. The molecule has 0 aliphatic carbocycles. The van der Waals surface area contributed by atoms with Gasteiger partial charge in [-0.25, -0.2) is 4.98 Å². The van der Waals surface area contributed by atoms with Gasteiger partial charge in [-0.05, 0) is 68.3 Å². The highest BCUT2D eigenvalue weighted by Crippen LogP contribution is 2.43. The van der Waals surface area contributed by atoms with E-state index in [0.717, 1.165) is 64.6 Å². The summed E-state index contributed by atoms with van der Waals surface area (Å²) in [6.07, 6.45) is 9.47. The lowest BCUT2D eigenvalue weighted by molar-refractivity contribution is 0.249. The Morgan fingerprint density at radius 1 is 1.02 bits per heavy atom. The molecule has 2 N–H and O–H groups in total. The summed E-state index contributed by atoms with van der Waals surface area (Å²) in [6.45, 7) is 5.43. The molecule has 0 unspecified atom stereocenters. The smallest absolute Gasteiger partial charge is 0.229 e. The van der Waals surface area contributed by atoms with Crippen molar-refractivity contribution in [1.29, 1.82) is 0 Å². The Kier molecular flexibility index (Phi) is 9.05. The van der Waals surface area contributed by atoms with Crippen LogP contribution >= 0.6 is 23.1 Å². The second-order valence-corrected chi connectivity index (χ2v) is 16.2. The van der Waals surface area contributed by atoms with Crippen LogP contribution in [0, 0.1) is 0 Å². The minimum Gasteiger partial charge on any atom is -0.494 e. The zero-order valence-electron chi connectivity index (χ0n) is 27.0. The minimum atomic E-state index is -2.70. The number of aryl methyl sites for hydroxylation is 1. The maximum absolute atomic E-state index is 13.5. The van der Waals surface area contributed by atoms with Crippen molar-refractivity contribution in [2.45, 2.75) is 18.9 Å². The molecule has 0 saturated carbocycles. The first-order valence-electron chi connectivity index (χ1n) is 15.1. The molecule has 13 heteroatoms. The van der Waals surface area contributed by atoms with Gasteiger partial charge in [-0.1, -0.05) is 18.2 Å². The maximum Gasteiger partial charge on any atom is 0.229 e. The lowest BCUT2D eigenvalue weighted by atomic mass is 9.99. The molecule has 240 valence electrons. The van der Waals surface area contributed by atoms with Crippen LogP contribution in [0.2, 0.25) is 0 Å². The van der Waals surface area contributed by atoms with Gasteiger partial charge in [0, 0.05) is 72.1 Å². The first kappa shape index (κ1) is 32.0. The van der Waals surface area contributed by atoms with Crippen LogP contribution in [0.15, 0.2) is 65.7 Å². The second-order valence-electron chi connectivity index (χ2n) is 12.2. The normalized spacial score (nSPS) is 14.2. The quantitative estimate of drug-likeness (QED) is 0.166. The van der Waals surface area contributed by atoms with Crippen LogP contribution in [-0.2, 0) is 11.6 Å². The number of piperidine rings is 1. The van der Waals surface area contributed by atoms with E-state index in [4.69, 9.17) is 9.72 Å². The Morgan fingerprint density at radius 2 is 1.78 bits per heavy atom. The number of hydrogen-bond acceptors (Lipinski definition) is 10. The molecule has 0 atom stereocenters. The summed E-state index contributed by atoms with van der Waals surface area (Å²) in [5.74, 6) is 1.56. The van der Waals surface area contributed by atoms with Gasteiger partial charge >= 0.3 is 0 Å². The monoisotopic (exact) mass is 703 g/mol. The molecule has 11 nitrogen and oxygen atoms in total. The van der Waals surface area contributed by atoms with E-state index in [2.05, 4.69) is 77.7 Å². The number of fused-ring (bicyclic) bond motifs is 1. The zero-order chi connectivity index (χ0) is 32.6. The molecule has 1 saturated heterocycles. The molecule has 0 radical (unpaired) electrons. The van der Waals surface area contributed by atoms with Crippen molar-refractivity contribution in [2.75, 3.05) is 63.2 Å². The minimum absolute atomic E-state index is 0.368. The van der Waals surface area contributed by atoms with Crippen molar-refractivity contribution in [3.63, 3.8) is 0 Å². The van der Waals surface area contributed by atoms with E-state index >= 15 is 0 Å². The highest BCUT2D eigenvalue weighted by molar-refractivity contribution is 9.10. The van der Waals surface area contributed by atoms with Gasteiger partial charge in [0.1, 0.15) is 18.7 Å². The third-order valence-corrected chi connectivity index (χ3v) is 10.5. The highest BCUT2D eigenvalue weighted by atomic mass is 79.9. The van der Waals surface area contributed by atoms with Crippen molar-refractivity contribution in [3.8, 4) is 16.9 Å². The topological polar surface area (TPSA) is 113 Å². The number of hydrogen-bond donors (Lipinski definition) is 2. The van der Waals surface area contributed by atoms with Gasteiger partial charge in [-0.15, -0.1) is 0 Å². The summed E-state index contributed by atoms with van der Waals surface area (Å²) in [6, 6.07) is 12.5. The van der Waals surface area contributed by atoms with Gasteiger partial charge in [-0.2, -0.15) is 10.1 Å². The zero-order valence-corrected chi connectivity index (χ0v) is 29.4. The third kappa shape index (κ3) is 6.61. The molecule has 46 heavy (non-hydrogen) atoms. The van der Waals surface area contributed by atoms with Crippen LogP contribution in [0.3, 0.4) is 0 Å². The number of benzene rings is 2. The summed E-state index contributed by atoms with van der Waals surface area (Å²) in [4.78, 5) is 18.7. The van der Waals surface area contributed by atoms with E-state index in [0.29, 0.717) is 33.7 Å². The fourth-order valence-corrected chi connectivity index (χ4v) is 7.83. The van der Waals surface area contributed by atoms with Crippen LogP contribution in [0.1, 0.15) is 12.8 Å². The summed E-state index contributed by atoms with van der Waals surface area (Å²) in [5, 5.41) is 12.8. The fourth-order valence-electron chi connectivity index (χ4n) is 6.07. The highest BCUT2D eigenvalue weighted by Gasteiger charge is 2.25. The van der Waals surface area contributed by atoms with Crippen LogP contribution in [0.4, 0.5) is 28.8 Å². The number of ether oxygens (including phenoxy) is 1. The summed E-state index contributed by atoms with van der Waals surface area (Å²) < 4.78 is 21.9. The average Bonchev–Trinajstić information content (AvgIpc) is 3.47. The maximum atomic E-state index is 13.5. The van der Waals surface area contributed by atoms with E-state index in [1.807, 2.05) is 48.4 Å². The molecule has 2 aromatic carbocycles. The average molecular weight is 705 g/mol. The molecule has 4 heterocycles. The summed E-state index contributed by atoms with van der Waals surface area (Å²) in [7, 11) is 5.20. The Balaban J connectivity index is 1.36. The lowest BCUT2D eigenvalue weighted by Gasteiger charge is -2.37.